The zero-order valence-electron chi connectivity index (χ0n) is 12.1. The fraction of sp³-hybridized carbons (Fsp3) is 0.235. The molecule has 0 aliphatic carbocycles. The molecule has 2 N–H and O–H groups in total. The lowest BCUT2D eigenvalue weighted by Crippen LogP contribution is -2.23. The number of fused-ring (bicyclic) bond motifs is 1. The van der Waals surface area contributed by atoms with Gasteiger partial charge in [0.25, 0.3) is 0 Å². The van der Waals surface area contributed by atoms with Crippen molar-refractivity contribution in [3.8, 4) is 0 Å². The Morgan fingerprint density at radius 2 is 2.05 bits per heavy atom. The molecule has 2 heterocycles. The Morgan fingerprint density at radius 1 is 1.19 bits per heavy atom. The van der Waals surface area contributed by atoms with Gasteiger partial charge in [-0.15, -0.1) is 11.3 Å². The van der Waals surface area contributed by atoms with Crippen LogP contribution in [0.2, 0.25) is 0 Å². The van der Waals surface area contributed by atoms with E-state index in [1.54, 1.807) is 11.3 Å². The molecule has 0 spiro atoms. The van der Waals surface area contributed by atoms with E-state index in [0.717, 1.165) is 35.2 Å². The van der Waals surface area contributed by atoms with Crippen LogP contribution in [-0.2, 0) is 13.0 Å². The number of hydrogen-bond acceptors (Lipinski definition) is 4. The van der Waals surface area contributed by atoms with Gasteiger partial charge in [0.05, 0.1) is 5.52 Å². The molecule has 1 aromatic carbocycles. The molecule has 0 amide bonds. The fourth-order valence-electron chi connectivity index (χ4n) is 2.47. The third-order valence-corrected chi connectivity index (χ3v) is 4.57. The van der Waals surface area contributed by atoms with E-state index >= 15 is 0 Å². The molecule has 3 nitrogen and oxygen atoms in total. The van der Waals surface area contributed by atoms with Gasteiger partial charge in [-0.1, -0.05) is 24.3 Å². The Balaban J connectivity index is 1.87. The van der Waals surface area contributed by atoms with Gasteiger partial charge in [0, 0.05) is 36.0 Å². The summed E-state index contributed by atoms with van der Waals surface area (Å²) in [5.41, 5.74) is 8.03. The summed E-state index contributed by atoms with van der Waals surface area (Å²) >= 11 is 1.80. The summed E-state index contributed by atoms with van der Waals surface area (Å²) in [7, 11) is 2.09. The molecule has 108 valence electrons. The molecule has 0 fully saturated rings. The first kappa shape index (κ1) is 14.0. The zero-order valence-corrected chi connectivity index (χ0v) is 12.9. The molecule has 2 aromatic heterocycles. The van der Waals surface area contributed by atoms with Gasteiger partial charge in [-0.3, -0.25) is 0 Å². The molecule has 3 aromatic rings. The first-order valence-electron chi connectivity index (χ1n) is 7.10. The van der Waals surface area contributed by atoms with Crippen LogP contribution in [0.15, 0.2) is 47.8 Å². The maximum atomic E-state index is 5.91. The van der Waals surface area contributed by atoms with Gasteiger partial charge in [-0.25, -0.2) is 4.98 Å². The summed E-state index contributed by atoms with van der Waals surface area (Å²) < 4.78 is 0. The lowest BCUT2D eigenvalue weighted by Gasteiger charge is -2.21. The standard InChI is InChI=1S/C17H19N3S/c1-20(9-8-15-6-4-10-21-15)17-14(12-18)11-13-5-2-3-7-16(13)19-17/h2-7,10-11H,8-9,12,18H2,1H3. The molecule has 0 saturated heterocycles. The van der Waals surface area contributed by atoms with E-state index in [1.807, 2.05) is 18.2 Å². The summed E-state index contributed by atoms with van der Waals surface area (Å²) in [4.78, 5) is 8.40. The van der Waals surface area contributed by atoms with Crippen molar-refractivity contribution in [1.29, 1.82) is 0 Å². The molecule has 0 saturated carbocycles. The molecular weight excluding hydrogens is 278 g/mol. The number of benzene rings is 1. The van der Waals surface area contributed by atoms with Crippen LogP contribution in [0.5, 0.6) is 0 Å². The van der Waals surface area contributed by atoms with Gasteiger partial charge in [0.15, 0.2) is 0 Å². The predicted molar refractivity (Wildman–Crippen MR) is 90.9 cm³/mol. The molecule has 0 radical (unpaired) electrons. The number of aromatic nitrogens is 1. The molecule has 21 heavy (non-hydrogen) atoms. The lowest BCUT2D eigenvalue weighted by molar-refractivity contribution is 0.858. The number of nitrogens with two attached hydrogens (primary N) is 1. The highest BCUT2D eigenvalue weighted by molar-refractivity contribution is 7.09. The first-order chi connectivity index (χ1) is 10.3. The van der Waals surface area contributed by atoms with Gasteiger partial charge in [-0.05, 0) is 30.0 Å². The normalized spacial score (nSPS) is 11.0. The van der Waals surface area contributed by atoms with E-state index in [2.05, 4.69) is 41.6 Å². The maximum Gasteiger partial charge on any atom is 0.133 e. The molecule has 0 atom stereocenters. The van der Waals surface area contributed by atoms with Crippen LogP contribution in [0.3, 0.4) is 0 Å². The van der Waals surface area contributed by atoms with Crippen molar-refractivity contribution in [2.24, 2.45) is 5.73 Å². The summed E-state index contributed by atoms with van der Waals surface area (Å²) in [6, 6.07) is 14.6. The van der Waals surface area contributed by atoms with Crippen LogP contribution in [0.4, 0.5) is 5.82 Å². The lowest BCUT2D eigenvalue weighted by atomic mass is 10.1. The number of nitrogens with zero attached hydrogens (tertiary/aromatic N) is 2. The molecule has 0 unspecified atom stereocenters. The molecular formula is C17H19N3S. The van der Waals surface area contributed by atoms with Crippen molar-refractivity contribution in [3.05, 3.63) is 58.3 Å². The van der Waals surface area contributed by atoms with Gasteiger partial charge in [-0.2, -0.15) is 0 Å². The average Bonchev–Trinajstić information content (AvgIpc) is 3.04. The SMILES string of the molecule is CN(CCc1cccs1)c1nc2ccccc2cc1CN. The van der Waals surface area contributed by atoms with Gasteiger partial charge in [0.2, 0.25) is 0 Å². The number of pyridine rings is 1. The van der Waals surface area contributed by atoms with Gasteiger partial charge < -0.3 is 10.6 Å². The largest absolute Gasteiger partial charge is 0.359 e. The summed E-state index contributed by atoms with van der Waals surface area (Å²) in [5.74, 6) is 0.993. The van der Waals surface area contributed by atoms with E-state index in [9.17, 15) is 0 Å². The summed E-state index contributed by atoms with van der Waals surface area (Å²) in [5, 5.41) is 3.27. The molecule has 4 heteroatoms. The van der Waals surface area contributed by atoms with Crippen molar-refractivity contribution < 1.29 is 0 Å². The number of likely N-dealkylation sites (N-methyl/N-ethyl adjacent to an activating group) is 1. The van der Waals surface area contributed by atoms with Gasteiger partial charge >= 0.3 is 0 Å². The number of hydrogen-bond donors (Lipinski definition) is 1. The quantitative estimate of drug-likeness (QED) is 0.784. The van der Waals surface area contributed by atoms with E-state index < -0.39 is 0 Å². The van der Waals surface area contributed by atoms with Crippen LogP contribution in [0, 0.1) is 0 Å². The third-order valence-electron chi connectivity index (χ3n) is 3.64. The Hall–Kier alpha value is -1.91. The highest BCUT2D eigenvalue weighted by Crippen LogP contribution is 2.23. The second-order valence-electron chi connectivity index (χ2n) is 5.12. The Labute approximate surface area is 129 Å². The van der Waals surface area contributed by atoms with Crippen molar-refractivity contribution in [2.45, 2.75) is 13.0 Å². The predicted octanol–water partition coefficient (Wildman–Crippen LogP) is 3.43. The van der Waals surface area contributed by atoms with E-state index in [-0.39, 0.29) is 0 Å². The van der Waals surface area contributed by atoms with Crippen molar-refractivity contribution in [2.75, 3.05) is 18.5 Å². The second kappa shape index (κ2) is 6.24. The van der Waals surface area contributed by atoms with Crippen LogP contribution < -0.4 is 10.6 Å². The zero-order chi connectivity index (χ0) is 14.7. The van der Waals surface area contributed by atoms with Crippen LogP contribution in [0.1, 0.15) is 10.4 Å². The number of thiophene rings is 1. The topological polar surface area (TPSA) is 42.2 Å². The minimum Gasteiger partial charge on any atom is -0.359 e. The first-order valence-corrected chi connectivity index (χ1v) is 7.98. The maximum absolute atomic E-state index is 5.91. The molecule has 0 bridgehead atoms. The average molecular weight is 297 g/mol. The third kappa shape index (κ3) is 3.06. The Morgan fingerprint density at radius 3 is 2.81 bits per heavy atom. The second-order valence-corrected chi connectivity index (χ2v) is 6.15. The number of rotatable bonds is 5. The summed E-state index contributed by atoms with van der Waals surface area (Å²) in [6.07, 6.45) is 1.03. The van der Waals surface area contributed by atoms with E-state index in [0.29, 0.717) is 6.54 Å². The van der Waals surface area contributed by atoms with Gasteiger partial charge in [0.1, 0.15) is 5.82 Å². The van der Waals surface area contributed by atoms with Crippen molar-refractivity contribution in [3.63, 3.8) is 0 Å². The van der Waals surface area contributed by atoms with Crippen LogP contribution in [-0.4, -0.2) is 18.6 Å². The van der Waals surface area contributed by atoms with E-state index in [1.165, 1.54) is 4.88 Å². The highest BCUT2D eigenvalue weighted by atomic mass is 32.1. The molecule has 3 rings (SSSR count). The molecule has 0 aliphatic rings. The number of para-hydroxylation sites is 1. The fourth-order valence-corrected chi connectivity index (χ4v) is 3.17. The Kier molecular flexibility index (Phi) is 4.18. The Bertz CT molecular complexity index is 722. The smallest absolute Gasteiger partial charge is 0.133 e. The van der Waals surface area contributed by atoms with Crippen LogP contribution in [0.25, 0.3) is 10.9 Å². The van der Waals surface area contributed by atoms with Crippen molar-refractivity contribution >= 4 is 28.1 Å². The van der Waals surface area contributed by atoms with E-state index in [4.69, 9.17) is 10.7 Å². The highest BCUT2D eigenvalue weighted by Gasteiger charge is 2.10. The minimum absolute atomic E-state index is 0.510. The molecule has 0 aliphatic heterocycles. The minimum atomic E-state index is 0.510. The summed E-state index contributed by atoms with van der Waals surface area (Å²) in [6.45, 7) is 1.45. The number of anilines is 1. The van der Waals surface area contributed by atoms with Crippen molar-refractivity contribution in [1.82, 2.24) is 4.98 Å². The monoisotopic (exact) mass is 297 g/mol. The van der Waals surface area contributed by atoms with Crippen LogP contribution >= 0.6 is 11.3 Å².